The van der Waals surface area contributed by atoms with Crippen molar-refractivity contribution in [2.45, 2.75) is 38.6 Å². The molecule has 0 aliphatic carbocycles. The van der Waals surface area contributed by atoms with Crippen LogP contribution in [0.2, 0.25) is 0 Å². The van der Waals surface area contributed by atoms with E-state index in [-0.39, 0.29) is 17.1 Å². The van der Waals surface area contributed by atoms with Gasteiger partial charge < -0.3 is 9.73 Å². The Balaban J connectivity index is 1.64. The van der Waals surface area contributed by atoms with Crippen molar-refractivity contribution in [2.75, 3.05) is 11.5 Å². The van der Waals surface area contributed by atoms with Crippen LogP contribution in [0.3, 0.4) is 0 Å². The topological polar surface area (TPSA) is 93.4 Å². The van der Waals surface area contributed by atoms with Gasteiger partial charge in [0.2, 0.25) is 0 Å². The first-order valence-corrected chi connectivity index (χ1v) is 10.8. The molecule has 3 rings (SSSR count). The lowest BCUT2D eigenvalue weighted by Gasteiger charge is -2.12. The Hall–Kier alpha value is -2.41. The van der Waals surface area contributed by atoms with Crippen LogP contribution in [-0.4, -0.2) is 31.9 Å². The molecule has 1 unspecified atom stereocenters. The molecule has 1 saturated heterocycles. The summed E-state index contributed by atoms with van der Waals surface area (Å²) >= 11 is 0. The number of carbonyl (C=O) groups excluding carboxylic acids is 1. The van der Waals surface area contributed by atoms with Crippen LogP contribution in [0.5, 0.6) is 0 Å². The molecule has 2 heterocycles. The van der Waals surface area contributed by atoms with Gasteiger partial charge in [-0.05, 0) is 43.4 Å². The van der Waals surface area contributed by atoms with Gasteiger partial charge in [0.15, 0.2) is 9.84 Å². The molecule has 2 aromatic rings. The zero-order valence-corrected chi connectivity index (χ0v) is 16.1. The molecule has 6 nitrogen and oxygen atoms in total. The van der Waals surface area contributed by atoms with Crippen LogP contribution in [0.1, 0.15) is 40.1 Å². The molecule has 1 fully saturated rings. The van der Waals surface area contributed by atoms with Gasteiger partial charge in [-0.1, -0.05) is 30.3 Å². The number of amides is 1. The van der Waals surface area contributed by atoms with E-state index in [9.17, 15) is 18.0 Å². The number of hydrogen-bond donors (Lipinski definition) is 1. The van der Waals surface area contributed by atoms with Gasteiger partial charge in [-0.15, -0.1) is 0 Å². The summed E-state index contributed by atoms with van der Waals surface area (Å²) in [4.78, 5) is 24.7. The lowest BCUT2D eigenvalue weighted by atomic mass is 10.1. The average Bonchev–Trinajstić information content (AvgIpc) is 2.93. The summed E-state index contributed by atoms with van der Waals surface area (Å²) in [5, 5.41) is 2.64. The largest absolute Gasteiger partial charge is 0.427 e. The fourth-order valence-electron chi connectivity index (χ4n) is 3.35. The molecule has 144 valence electrons. The average molecular weight is 389 g/mol. The van der Waals surface area contributed by atoms with Crippen molar-refractivity contribution in [1.29, 1.82) is 0 Å². The van der Waals surface area contributed by atoms with Gasteiger partial charge in [0.1, 0.15) is 11.3 Å². The molecule has 0 radical (unpaired) electrons. The zero-order chi connectivity index (χ0) is 19.4. The van der Waals surface area contributed by atoms with Crippen molar-refractivity contribution in [1.82, 2.24) is 5.32 Å². The van der Waals surface area contributed by atoms with Gasteiger partial charge in [0.25, 0.3) is 5.91 Å². The number of aryl methyl sites for hydroxylation is 3. The molecular weight excluding hydrogens is 366 g/mol. The van der Waals surface area contributed by atoms with Gasteiger partial charge in [-0.25, -0.2) is 13.2 Å². The summed E-state index contributed by atoms with van der Waals surface area (Å²) < 4.78 is 28.3. The number of nitrogens with one attached hydrogen (secondary N) is 1. The molecule has 0 spiro atoms. The molecule has 27 heavy (non-hydrogen) atoms. The van der Waals surface area contributed by atoms with E-state index in [4.69, 9.17) is 4.42 Å². The highest BCUT2D eigenvalue weighted by Crippen LogP contribution is 2.14. The van der Waals surface area contributed by atoms with E-state index in [1.165, 1.54) is 5.56 Å². The van der Waals surface area contributed by atoms with Gasteiger partial charge in [-0.2, -0.15) is 0 Å². The molecular formula is C20H23NO5S. The molecule has 0 saturated carbocycles. The second kappa shape index (κ2) is 8.08. The quantitative estimate of drug-likeness (QED) is 0.816. The molecule has 1 aromatic heterocycles. The Morgan fingerprint density at radius 1 is 1.22 bits per heavy atom. The number of rotatable bonds is 6. The van der Waals surface area contributed by atoms with Crippen molar-refractivity contribution in [3.8, 4) is 0 Å². The Morgan fingerprint density at radius 3 is 2.59 bits per heavy atom. The Kier molecular flexibility index (Phi) is 5.79. The first kappa shape index (κ1) is 19.4. The maximum atomic E-state index is 12.4. The Morgan fingerprint density at radius 2 is 1.96 bits per heavy atom. The van der Waals surface area contributed by atoms with E-state index < -0.39 is 27.4 Å². The van der Waals surface area contributed by atoms with Crippen molar-refractivity contribution in [2.24, 2.45) is 0 Å². The molecule has 7 heteroatoms. The van der Waals surface area contributed by atoms with E-state index in [1.54, 1.807) is 13.0 Å². The minimum atomic E-state index is -3.10. The van der Waals surface area contributed by atoms with Crippen molar-refractivity contribution in [3.05, 3.63) is 69.3 Å². The predicted octanol–water partition coefficient (Wildman–Crippen LogP) is 2.04. The predicted molar refractivity (Wildman–Crippen MR) is 103 cm³/mol. The summed E-state index contributed by atoms with van der Waals surface area (Å²) in [6.07, 6.45) is 2.68. The van der Waals surface area contributed by atoms with Crippen molar-refractivity contribution < 1.29 is 17.6 Å². The number of hydrogen-bond acceptors (Lipinski definition) is 5. The molecule has 1 N–H and O–H groups in total. The second-order valence-electron chi connectivity index (χ2n) is 6.97. The van der Waals surface area contributed by atoms with Gasteiger partial charge >= 0.3 is 5.63 Å². The standard InChI is InChI=1S/C20H23NO5S/c1-14-12-17(9-5-8-15-6-3-2-4-7-15)26-20(23)18(14)19(22)21-16-10-11-27(24,25)13-16/h2-4,6-7,12,16H,5,8-11,13H2,1H3,(H,21,22). The van der Waals surface area contributed by atoms with Crippen molar-refractivity contribution in [3.63, 3.8) is 0 Å². The van der Waals surface area contributed by atoms with E-state index in [2.05, 4.69) is 17.4 Å². The Bertz CT molecular complexity index is 979. The first-order chi connectivity index (χ1) is 12.8. The highest BCUT2D eigenvalue weighted by atomic mass is 32.2. The van der Waals surface area contributed by atoms with E-state index >= 15 is 0 Å². The molecule has 0 bridgehead atoms. The molecule has 1 atom stereocenters. The van der Waals surface area contributed by atoms with Gasteiger partial charge in [0, 0.05) is 12.5 Å². The smallest absolute Gasteiger partial charge is 0.349 e. The van der Waals surface area contributed by atoms with Crippen molar-refractivity contribution >= 4 is 15.7 Å². The summed E-state index contributed by atoms with van der Waals surface area (Å²) in [6, 6.07) is 11.3. The minimum absolute atomic E-state index is 0.0499. The van der Waals surface area contributed by atoms with Crippen LogP contribution in [0.15, 0.2) is 45.6 Å². The number of sulfone groups is 1. The molecule has 1 aliphatic rings. The van der Waals surface area contributed by atoms with Crippen LogP contribution in [0.25, 0.3) is 0 Å². The highest BCUT2D eigenvalue weighted by molar-refractivity contribution is 7.91. The first-order valence-electron chi connectivity index (χ1n) is 9.03. The third kappa shape index (κ3) is 5.07. The van der Waals surface area contributed by atoms with E-state index in [1.807, 2.05) is 18.2 Å². The molecule has 1 aromatic carbocycles. The summed E-state index contributed by atoms with van der Waals surface area (Å²) in [5.74, 6) is -0.0420. The summed E-state index contributed by atoms with van der Waals surface area (Å²) in [7, 11) is -3.10. The zero-order valence-electron chi connectivity index (χ0n) is 15.2. The molecule has 1 amide bonds. The highest BCUT2D eigenvalue weighted by Gasteiger charge is 2.30. The fourth-order valence-corrected chi connectivity index (χ4v) is 5.02. The second-order valence-corrected chi connectivity index (χ2v) is 9.20. The van der Waals surface area contributed by atoms with Crippen LogP contribution < -0.4 is 10.9 Å². The van der Waals surface area contributed by atoms with E-state index in [0.717, 1.165) is 12.8 Å². The van der Waals surface area contributed by atoms with Crippen LogP contribution in [-0.2, 0) is 22.7 Å². The minimum Gasteiger partial charge on any atom is -0.427 e. The van der Waals surface area contributed by atoms with Crippen LogP contribution in [0.4, 0.5) is 0 Å². The fraction of sp³-hybridized carbons (Fsp3) is 0.400. The van der Waals surface area contributed by atoms with Crippen LogP contribution >= 0.6 is 0 Å². The number of carbonyl (C=O) groups is 1. The number of benzene rings is 1. The maximum absolute atomic E-state index is 12.4. The SMILES string of the molecule is Cc1cc(CCCc2ccccc2)oc(=O)c1C(=O)NC1CCS(=O)(=O)C1. The third-order valence-corrected chi connectivity index (χ3v) is 6.49. The lowest BCUT2D eigenvalue weighted by molar-refractivity contribution is 0.0936. The Labute approximate surface area is 158 Å². The normalized spacial score (nSPS) is 18.3. The lowest BCUT2D eigenvalue weighted by Crippen LogP contribution is -2.38. The van der Waals surface area contributed by atoms with Gasteiger partial charge in [0.05, 0.1) is 11.5 Å². The third-order valence-electron chi connectivity index (χ3n) is 4.73. The molecule has 1 aliphatic heterocycles. The monoisotopic (exact) mass is 389 g/mol. The van der Waals surface area contributed by atoms with Crippen LogP contribution in [0, 0.1) is 6.92 Å². The summed E-state index contributed by atoms with van der Waals surface area (Å²) in [6.45, 7) is 1.69. The summed E-state index contributed by atoms with van der Waals surface area (Å²) in [5.41, 5.74) is 1.03. The maximum Gasteiger partial charge on any atom is 0.349 e. The van der Waals surface area contributed by atoms with E-state index in [0.29, 0.717) is 24.2 Å². The van der Waals surface area contributed by atoms with Gasteiger partial charge in [-0.3, -0.25) is 4.79 Å².